The van der Waals surface area contributed by atoms with Crippen LogP contribution >= 0.6 is 11.6 Å². The molecule has 0 saturated carbocycles. The van der Waals surface area contributed by atoms with Crippen LogP contribution < -0.4 is 14.8 Å². The highest BCUT2D eigenvalue weighted by Crippen LogP contribution is 2.37. The molecule has 0 fully saturated rings. The zero-order chi connectivity index (χ0) is 24.7. The van der Waals surface area contributed by atoms with Gasteiger partial charge in [0.1, 0.15) is 24.0 Å². The molecule has 2 N–H and O–H groups in total. The maximum absolute atomic E-state index is 12.5. The van der Waals surface area contributed by atoms with Gasteiger partial charge in [0, 0.05) is 17.8 Å². The number of phenols is 1. The molecule has 0 aromatic heterocycles. The van der Waals surface area contributed by atoms with Crippen LogP contribution in [0.15, 0.2) is 66.2 Å². The lowest BCUT2D eigenvalue weighted by Crippen LogP contribution is -2.13. The summed E-state index contributed by atoms with van der Waals surface area (Å²) in [5.74, 6) is -0.0722. The molecular weight excluding hydrogens is 462 g/mol. The highest BCUT2D eigenvalue weighted by molar-refractivity contribution is 6.32. The Bertz CT molecular complexity index is 1280. The summed E-state index contributed by atoms with van der Waals surface area (Å²) >= 11 is 6.37. The number of carbonyl (C=O) groups is 1. The Morgan fingerprint density at radius 1 is 1.21 bits per heavy atom. The van der Waals surface area contributed by atoms with Gasteiger partial charge in [-0.3, -0.25) is 14.9 Å². The van der Waals surface area contributed by atoms with Crippen molar-refractivity contribution in [3.8, 4) is 23.3 Å². The molecular formula is C24H18ClN3O6. The van der Waals surface area contributed by atoms with Crippen LogP contribution in [0.1, 0.15) is 11.1 Å². The number of hydrogen-bond donors (Lipinski definition) is 2. The smallest absolute Gasteiger partial charge is 0.269 e. The molecule has 0 saturated heterocycles. The summed E-state index contributed by atoms with van der Waals surface area (Å²) in [5.41, 5.74) is 1.32. The molecule has 0 bridgehead atoms. The zero-order valence-corrected chi connectivity index (χ0v) is 18.6. The van der Waals surface area contributed by atoms with Crippen LogP contribution in [0.4, 0.5) is 11.4 Å². The Morgan fingerprint density at radius 2 is 1.88 bits per heavy atom. The molecule has 172 valence electrons. The molecule has 10 heteroatoms. The number of nitro groups is 1. The number of halogens is 1. The first kappa shape index (κ1) is 24.1. The van der Waals surface area contributed by atoms with Crippen LogP contribution in [0.25, 0.3) is 6.08 Å². The molecule has 3 aromatic carbocycles. The minimum absolute atomic E-state index is 0.0294. The summed E-state index contributed by atoms with van der Waals surface area (Å²) in [5, 5.41) is 32.3. The number of anilines is 1. The number of phenolic OH excluding ortho intramolecular Hbond substituents is 1. The van der Waals surface area contributed by atoms with Gasteiger partial charge in [-0.25, -0.2) is 0 Å². The average Bonchev–Trinajstić information content (AvgIpc) is 2.83. The van der Waals surface area contributed by atoms with Crippen molar-refractivity contribution in [3.63, 3.8) is 0 Å². The maximum atomic E-state index is 12.5. The Morgan fingerprint density at radius 3 is 2.47 bits per heavy atom. The lowest BCUT2D eigenvalue weighted by atomic mass is 10.1. The van der Waals surface area contributed by atoms with E-state index in [0.29, 0.717) is 16.8 Å². The van der Waals surface area contributed by atoms with E-state index in [2.05, 4.69) is 5.32 Å². The third-order valence-corrected chi connectivity index (χ3v) is 4.86. The van der Waals surface area contributed by atoms with Crippen molar-refractivity contribution in [2.75, 3.05) is 12.4 Å². The molecule has 9 nitrogen and oxygen atoms in total. The SMILES string of the molecule is COc1cc(/C=C(\C#N)C(=O)Nc2ccc(O)cc2)cc(Cl)c1OCc1ccc([N+](=O)[O-])cc1. The second-order valence-electron chi connectivity index (χ2n) is 6.92. The van der Waals surface area contributed by atoms with Crippen molar-refractivity contribution in [1.82, 2.24) is 0 Å². The number of amides is 1. The Balaban J connectivity index is 1.78. The van der Waals surface area contributed by atoms with E-state index in [4.69, 9.17) is 21.1 Å². The molecule has 0 heterocycles. The van der Waals surface area contributed by atoms with Gasteiger partial charge in [0.15, 0.2) is 11.5 Å². The number of nitriles is 1. The van der Waals surface area contributed by atoms with Crippen LogP contribution in [0.3, 0.4) is 0 Å². The number of methoxy groups -OCH3 is 1. The number of nitrogens with zero attached hydrogens (tertiary/aromatic N) is 2. The minimum atomic E-state index is -0.637. The first-order chi connectivity index (χ1) is 16.3. The average molecular weight is 480 g/mol. The van der Waals surface area contributed by atoms with Crippen LogP contribution in [0, 0.1) is 21.4 Å². The fourth-order valence-electron chi connectivity index (χ4n) is 2.89. The predicted octanol–water partition coefficient (Wildman–Crippen LogP) is 5.09. The summed E-state index contributed by atoms with van der Waals surface area (Å²) in [4.78, 5) is 22.8. The zero-order valence-electron chi connectivity index (χ0n) is 17.8. The molecule has 0 radical (unpaired) electrons. The molecule has 0 aliphatic carbocycles. The molecule has 0 aliphatic rings. The third-order valence-electron chi connectivity index (χ3n) is 4.58. The number of aromatic hydroxyl groups is 1. The number of rotatable bonds is 8. The second kappa shape index (κ2) is 10.8. The third kappa shape index (κ3) is 6.03. The van der Waals surface area contributed by atoms with E-state index >= 15 is 0 Å². The van der Waals surface area contributed by atoms with E-state index in [1.807, 2.05) is 6.07 Å². The quantitative estimate of drug-likeness (QED) is 0.151. The molecule has 0 unspecified atom stereocenters. The van der Waals surface area contributed by atoms with Gasteiger partial charge in [-0.1, -0.05) is 11.6 Å². The van der Waals surface area contributed by atoms with Gasteiger partial charge >= 0.3 is 0 Å². The van der Waals surface area contributed by atoms with E-state index in [1.165, 1.54) is 55.7 Å². The van der Waals surface area contributed by atoms with Crippen LogP contribution in [0.5, 0.6) is 17.2 Å². The van der Waals surface area contributed by atoms with Gasteiger partial charge in [0.25, 0.3) is 11.6 Å². The fraction of sp³-hybridized carbons (Fsp3) is 0.0833. The Hall–Kier alpha value is -4.55. The van der Waals surface area contributed by atoms with Crippen molar-refractivity contribution in [1.29, 1.82) is 5.26 Å². The normalized spacial score (nSPS) is 10.8. The number of nitro benzene ring substituents is 1. The fourth-order valence-corrected chi connectivity index (χ4v) is 3.16. The van der Waals surface area contributed by atoms with Gasteiger partial charge in [-0.2, -0.15) is 5.26 Å². The van der Waals surface area contributed by atoms with E-state index < -0.39 is 10.8 Å². The van der Waals surface area contributed by atoms with E-state index in [0.717, 1.165) is 0 Å². The van der Waals surface area contributed by atoms with Crippen LogP contribution in [-0.4, -0.2) is 23.0 Å². The van der Waals surface area contributed by atoms with Gasteiger partial charge in [-0.15, -0.1) is 0 Å². The minimum Gasteiger partial charge on any atom is -0.508 e. The summed E-state index contributed by atoms with van der Waals surface area (Å²) < 4.78 is 11.1. The number of non-ortho nitro benzene ring substituents is 1. The van der Waals surface area contributed by atoms with E-state index in [9.17, 15) is 25.3 Å². The van der Waals surface area contributed by atoms with Crippen molar-refractivity contribution in [2.24, 2.45) is 0 Å². The van der Waals surface area contributed by atoms with Gasteiger partial charge in [0.2, 0.25) is 0 Å². The lowest BCUT2D eigenvalue weighted by Gasteiger charge is -2.13. The van der Waals surface area contributed by atoms with E-state index in [-0.39, 0.29) is 40.1 Å². The van der Waals surface area contributed by atoms with Crippen LogP contribution in [-0.2, 0) is 11.4 Å². The summed E-state index contributed by atoms with van der Waals surface area (Å²) in [7, 11) is 1.42. The molecule has 0 aliphatic heterocycles. The summed E-state index contributed by atoms with van der Waals surface area (Å²) in [6.07, 6.45) is 1.35. The molecule has 3 aromatic rings. The molecule has 1 amide bonds. The maximum Gasteiger partial charge on any atom is 0.269 e. The monoisotopic (exact) mass is 479 g/mol. The Labute approximate surface area is 199 Å². The molecule has 3 rings (SSSR count). The van der Waals surface area contributed by atoms with Gasteiger partial charge in [0.05, 0.1) is 17.1 Å². The number of benzene rings is 3. The number of ether oxygens (including phenoxy) is 2. The predicted molar refractivity (Wildman–Crippen MR) is 126 cm³/mol. The Kier molecular flexibility index (Phi) is 7.69. The topological polar surface area (TPSA) is 135 Å². The standard InChI is InChI=1S/C24H18ClN3O6/c1-33-22-12-16(10-17(13-26)24(30)27-18-4-8-20(29)9-5-18)11-21(25)23(22)34-14-15-2-6-19(7-3-15)28(31)32/h2-12,29H,14H2,1H3,(H,27,30)/b17-10+. The van der Waals surface area contributed by atoms with Crippen LogP contribution in [0.2, 0.25) is 5.02 Å². The molecule has 34 heavy (non-hydrogen) atoms. The highest BCUT2D eigenvalue weighted by Gasteiger charge is 2.15. The first-order valence-electron chi connectivity index (χ1n) is 9.76. The van der Waals surface area contributed by atoms with Gasteiger partial charge < -0.3 is 19.9 Å². The summed E-state index contributed by atoms with van der Waals surface area (Å²) in [6, 6.07) is 16.6. The molecule has 0 atom stereocenters. The largest absolute Gasteiger partial charge is 0.508 e. The van der Waals surface area contributed by atoms with Gasteiger partial charge in [-0.05, 0) is 65.7 Å². The molecule has 0 spiro atoms. The van der Waals surface area contributed by atoms with Crippen molar-refractivity contribution in [3.05, 3.63) is 92.5 Å². The van der Waals surface area contributed by atoms with E-state index in [1.54, 1.807) is 18.2 Å². The number of nitrogens with one attached hydrogen (secondary N) is 1. The van der Waals surface area contributed by atoms with Crippen molar-refractivity contribution in [2.45, 2.75) is 6.61 Å². The first-order valence-corrected chi connectivity index (χ1v) is 10.1. The van der Waals surface area contributed by atoms with Crippen molar-refractivity contribution >= 4 is 35.0 Å². The summed E-state index contributed by atoms with van der Waals surface area (Å²) in [6.45, 7) is 0.0851. The number of hydrogen-bond acceptors (Lipinski definition) is 7. The lowest BCUT2D eigenvalue weighted by molar-refractivity contribution is -0.384. The second-order valence-corrected chi connectivity index (χ2v) is 7.32. The number of carbonyl (C=O) groups excluding carboxylic acids is 1. The highest BCUT2D eigenvalue weighted by atomic mass is 35.5. The van der Waals surface area contributed by atoms with Crippen molar-refractivity contribution < 1.29 is 24.3 Å².